The molecule has 0 aliphatic carbocycles. The van der Waals surface area contributed by atoms with E-state index in [-0.39, 0.29) is 5.91 Å². The number of carbonyl (C=O) groups is 1. The van der Waals surface area contributed by atoms with Gasteiger partial charge >= 0.3 is 0 Å². The number of methoxy groups -OCH3 is 1. The van der Waals surface area contributed by atoms with Crippen LogP contribution in [0.3, 0.4) is 0 Å². The maximum Gasteiger partial charge on any atom is 0.263 e. The Bertz CT molecular complexity index is 711. The van der Waals surface area contributed by atoms with Crippen LogP contribution in [0.25, 0.3) is 0 Å². The molecule has 4 nitrogen and oxygen atoms in total. The fourth-order valence-corrected chi connectivity index (χ4v) is 3.18. The van der Waals surface area contributed by atoms with Gasteiger partial charge in [0.05, 0.1) is 19.3 Å². The molecule has 0 spiro atoms. The predicted molar refractivity (Wildman–Crippen MR) is 89.4 cm³/mol. The van der Waals surface area contributed by atoms with Crippen LogP contribution in [0.5, 0.6) is 5.75 Å². The zero-order valence-corrected chi connectivity index (χ0v) is 13.5. The van der Waals surface area contributed by atoms with Gasteiger partial charge in [-0.25, -0.2) is 0 Å². The topological polar surface area (TPSA) is 49.8 Å². The SMILES string of the molecule is CCC[C@]1(O)C(=O)N(Cc2ccc(OC)cc2)c2ccccc21. The Morgan fingerprint density at radius 3 is 2.48 bits per heavy atom. The number of anilines is 1. The first-order chi connectivity index (χ1) is 11.1. The van der Waals surface area contributed by atoms with Gasteiger partial charge in [-0.2, -0.15) is 0 Å². The third-order valence-corrected chi connectivity index (χ3v) is 4.35. The van der Waals surface area contributed by atoms with Gasteiger partial charge in [0, 0.05) is 5.56 Å². The molecule has 1 N–H and O–H groups in total. The van der Waals surface area contributed by atoms with E-state index in [0.717, 1.165) is 23.4 Å². The second kappa shape index (κ2) is 6.05. The first-order valence-corrected chi connectivity index (χ1v) is 7.87. The van der Waals surface area contributed by atoms with Gasteiger partial charge in [-0.3, -0.25) is 4.79 Å². The fraction of sp³-hybridized carbons (Fsp3) is 0.316. The highest BCUT2D eigenvalue weighted by molar-refractivity contribution is 6.06. The fourth-order valence-electron chi connectivity index (χ4n) is 3.18. The molecule has 3 rings (SSSR count). The molecule has 0 bridgehead atoms. The van der Waals surface area contributed by atoms with E-state index in [4.69, 9.17) is 4.74 Å². The molecule has 1 heterocycles. The monoisotopic (exact) mass is 311 g/mol. The molecule has 1 aliphatic heterocycles. The molecule has 2 aromatic rings. The summed E-state index contributed by atoms with van der Waals surface area (Å²) in [5, 5.41) is 10.9. The third-order valence-electron chi connectivity index (χ3n) is 4.35. The van der Waals surface area contributed by atoms with Crippen molar-refractivity contribution < 1.29 is 14.6 Å². The summed E-state index contributed by atoms with van der Waals surface area (Å²) in [4.78, 5) is 14.5. The number of rotatable bonds is 5. The van der Waals surface area contributed by atoms with Gasteiger partial charge in [-0.1, -0.05) is 43.7 Å². The van der Waals surface area contributed by atoms with Crippen molar-refractivity contribution in [1.82, 2.24) is 0 Å². The van der Waals surface area contributed by atoms with Gasteiger partial charge in [0.15, 0.2) is 5.60 Å². The highest BCUT2D eigenvalue weighted by Crippen LogP contribution is 2.43. The van der Waals surface area contributed by atoms with Crippen molar-refractivity contribution in [3.63, 3.8) is 0 Å². The van der Waals surface area contributed by atoms with E-state index in [0.29, 0.717) is 18.5 Å². The van der Waals surface area contributed by atoms with Crippen LogP contribution in [-0.4, -0.2) is 18.1 Å². The zero-order chi connectivity index (χ0) is 16.4. The van der Waals surface area contributed by atoms with E-state index in [9.17, 15) is 9.90 Å². The Labute approximate surface area is 136 Å². The van der Waals surface area contributed by atoms with Gasteiger partial charge in [0.25, 0.3) is 5.91 Å². The summed E-state index contributed by atoms with van der Waals surface area (Å²) in [6.07, 6.45) is 1.18. The standard InChI is InChI=1S/C19H21NO3/c1-3-12-19(22)16-6-4-5-7-17(16)20(18(19)21)13-14-8-10-15(23-2)11-9-14/h4-11,22H,3,12-13H2,1-2H3/t19-/m1/s1. The van der Waals surface area contributed by atoms with E-state index in [1.807, 2.05) is 55.5 Å². The number of hydrogen-bond acceptors (Lipinski definition) is 3. The highest BCUT2D eigenvalue weighted by atomic mass is 16.5. The summed E-state index contributed by atoms with van der Waals surface area (Å²) in [7, 11) is 1.63. The molecule has 120 valence electrons. The van der Waals surface area contributed by atoms with Crippen LogP contribution in [0.1, 0.15) is 30.9 Å². The Morgan fingerprint density at radius 1 is 1.13 bits per heavy atom. The Hall–Kier alpha value is -2.33. The second-order valence-corrected chi connectivity index (χ2v) is 5.87. The minimum atomic E-state index is -1.40. The third kappa shape index (κ3) is 2.59. The zero-order valence-electron chi connectivity index (χ0n) is 13.5. The molecule has 0 aromatic heterocycles. The maximum atomic E-state index is 12.9. The number of hydrogen-bond donors (Lipinski definition) is 1. The molecule has 1 amide bonds. The van der Waals surface area contributed by atoms with E-state index in [2.05, 4.69) is 0 Å². The number of ether oxygens (including phenoxy) is 1. The van der Waals surface area contributed by atoms with Crippen molar-refractivity contribution in [1.29, 1.82) is 0 Å². The van der Waals surface area contributed by atoms with Crippen LogP contribution >= 0.6 is 0 Å². The largest absolute Gasteiger partial charge is 0.497 e. The number of carbonyl (C=O) groups excluding carboxylic acids is 1. The number of nitrogens with zero attached hydrogens (tertiary/aromatic N) is 1. The molecule has 4 heteroatoms. The summed E-state index contributed by atoms with van der Waals surface area (Å²) < 4.78 is 5.16. The lowest BCUT2D eigenvalue weighted by Crippen LogP contribution is -2.39. The van der Waals surface area contributed by atoms with Gasteiger partial charge < -0.3 is 14.7 Å². The van der Waals surface area contributed by atoms with E-state index in [1.54, 1.807) is 12.0 Å². The Kier molecular flexibility index (Phi) is 4.09. The summed E-state index contributed by atoms with van der Waals surface area (Å²) in [6.45, 7) is 2.41. The number of benzene rings is 2. The molecule has 0 unspecified atom stereocenters. The minimum absolute atomic E-state index is 0.239. The molecule has 0 fully saturated rings. The summed E-state index contributed by atoms with van der Waals surface area (Å²) in [5.41, 5.74) is 1.09. The van der Waals surface area contributed by atoms with Crippen molar-refractivity contribution in [2.45, 2.75) is 31.9 Å². The van der Waals surface area contributed by atoms with Crippen LogP contribution in [0.4, 0.5) is 5.69 Å². The Balaban J connectivity index is 1.94. The molecular formula is C19H21NO3. The number of aliphatic hydroxyl groups is 1. The quantitative estimate of drug-likeness (QED) is 0.922. The van der Waals surface area contributed by atoms with E-state index < -0.39 is 5.60 Å². The number of fused-ring (bicyclic) bond motifs is 1. The van der Waals surface area contributed by atoms with E-state index >= 15 is 0 Å². The number of para-hydroxylation sites is 1. The number of amides is 1. The highest BCUT2D eigenvalue weighted by Gasteiger charge is 2.48. The first-order valence-electron chi connectivity index (χ1n) is 7.87. The second-order valence-electron chi connectivity index (χ2n) is 5.87. The molecule has 2 aromatic carbocycles. The predicted octanol–water partition coefficient (Wildman–Crippen LogP) is 3.23. The van der Waals surface area contributed by atoms with Gasteiger partial charge in [0.1, 0.15) is 5.75 Å². The normalized spacial score (nSPS) is 19.8. The average molecular weight is 311 g/mol. The van der Waals surface area contributed by atoms with Crippen molar-refractivity contribution in [3.8, 4) is 5.75 Å². The van der Waals surface area contributed by atoms with E-state index in [1.165, 1.54) is 0 Å². The first kappa shape index (κ1) is 15.6. The molecule has 23 heavy (non-hydrogen) atoms. The summed E-state index contributed by atoms with van der Waals surface area (Å²) in [5.74, 6) is 0.542. The van der Waals surface area contributed by atoms with Gasteiger partial charge in [-0.05, 0) is 30.2 Å². The summed E-state index contributed by atoms with van der Waals surface area (Å²) >= 11 is 0. The molecule has 0 saturated heterocycles. The molecule has 1 aliphatic rings. The van der Waals surface area contributed by atoms with Crippen molar-refractivity contribution >= 4 is 11.6 Å². The van der Waals surface area contributed by atoms with Crippen LogP contribution in [-0.2, 0) is 16.9 Å². The summed E-state index contributed by atoms with van der Waals surface area (Å²) in [6, 6.07) is 15.1. The molecular weight excluding hydrogens is 290 g/mol. The lowest BCUT2D eigenvalue weighted by Gasteiger charge is -2.22. The van der Waals surface area contributed by atoms with Crippen LogP contribution in [0.15, 0.2) is 48.5 Å². The molecule has 1 atom stereocenters. The van der Waals surface area contributed by atoms with Crippen LogP contribution in [0, 0.1) is 0 Å². The maximum absolute atomic E-state index is 12.9. The average Bonchev–Trinajstić information content (AvgIpc) is 2.78. The Morgan fingerprint density at radius 2 is 1.83 bits per heavy atom. The minimum Gasteiger partial charge on any atom is -0.497 e. The lowest BCUT2D eigenvalue weighted by atomic mass is 9.91. The smallest absolute Gasteiger partial charge is 0.263 e. The van der Waals surface area contributed by atoms with Crippen LogP contribution in [0.2, 0.25) is 0 Å². The van der Waals surface area contributed by atoms with Crippen molar-refractivity contribution in [3.05, 3.63) is 59.7 Å². The van der Waals surface area contributed by atoms with Crippen LogP contribution < -0.4 is 9.64 Å². The lowest BCUT2D eigenvalue weighted by molar-refractivity contribution is -0.137. The van der Waals surface area contributed by atoms with Gasteiger partial charge in [0.2, 0.25) is 0 Å². The van der Waals surface area contributed by atoms with Gasteiger partial charge in [-0.15, -0.1) is 0 Å². The molecule has 0 radical (unpaired) electrons. The molecule has 0 saturated carbocycles. The van der Waals surface area contributed by atoms with Crippen molar-refractivity contribution in [2.75, 3.05) is 12.0 Å². The van der Waals surface area contributed by atoms with Crippen molar-refractivity contribution in [2.24, 2.45) is 0 Å².